The minimum atomic E-state index is -0.744. The molecular formula is C56H42O10. The van der Waals surface area contributed by atoms with E-state index in [4.69, 9.17) is 9.47 Å². The van der Waals surface area contributed by atoms with Gasteiger partial charge in [-0.2, -0.15) is 0 Å². The van der Waals surface area contributed by atoms with Gasteiger partial charge in [0.1, 0.15) is 69.7 Å². The largest absolute Gasteiger partial charge is 0.508 e. The van der Waals surface area contributed by atoms with Crippen molar-refractivity contribution >= 4 is 0 Å². The maximum atomic E-state index is 12.6. The van der Waals surface area contributed by atoms with E-state index in [-0.39, 0.29) is 46.0 Å². The quantitative estimate of drug-likeness (QED) is 0.0801. The summed E-state index contributed by atoms with van der Waals surface area (Å²) in [6, 6.07) is 45.4. The highest BCUT2D eigenvalue weighted by molar-refractivity contribution is 5.75. The van der Waals surface area contributed by atoms with Gasteiger partial charge >= 0.3 is 0 Å². The van der Waals surface area contributed by atoms with E-state index in [0.29, 0.717) is 33.8 Å². The number of hydrogen-bond donors (Lipinski definition) is 8. The van der Waals surface area contributed by atoms with Gasteiger partial charge in [0.05, 0.1) is 11.8 Å². The first-order valence-electron chi connectivity index (χ1n) is 21.9. The molecule has 0 spiro atoms. The van der Waals surface area contributed by atoms with Gasteiger partial charge in [-0.25, -0.2) is 0 Å². The van der Waals surface area contributed by atoms with Gasteiger partial charge in [-0.1, -0.05) is 78.9 Å². The molecule has 8 aromatic rings. The van der Waals surface area contributed by atoms with E-state index >= 15 is 0 Å². The van der Waals surface area contributed by atoms with E-state index in [0.717, 1.165) is 44.5 Å². The molecule has 0 bridgehead atoms. The van der Waals surface area contributed by atoms with Crippen molar-refractivity contribution in [1.82, 2.24) is 0 Å². The lowest BCUT2D eigenvalue weighted by Gasteiger charge is -2.27. The van der Waals surface area contributed by atoms with Gasteiger partial charge in [-0.15, -0.1) is 0 Å². The zero-order chi connectivity index (χ0) is 45.1. The van der Waals surface area contributed by atoms with E-state index in [1.165, 1.54) is 6.07 Å². The number of hydrogen-bond acceptors (Lipinski definition) is 10. The summed E-state index contributed by atoms with van der Waals surface area (Å²) in [5, 5.41) is 89.8. The summed E-state index contributed by atoms with van der Waals surface area (Å²) in [5.41, 5.74) is 9.04. The van der Waals surface area contributed by atoms with Crippen molar-refractivity contribution in [3.8, 4) is 57.5 Å². The molecule has 4 aliphatic rings. The van der Waals surface area contributed by atoms with Crippen molar-refractivity contribution in [1.29, 1.82) is 0 Å². The molecule has 8 N–H and O–H groups in total. The molecule has 0 saturated carbocycles. The second-order valence-electron chi connectivity index (χ2n) is 17.9. The van der Waals surface area contributed by atoms with Crippen LogP contribution in [0.4, 0.5) is 0 Å². The molecule has 0 saturated heterocycles. The predicted molar refractivity (Wildman–Crippen MR) is 244 cm³/mol. The zero-order valence-corrected chi connectivity index (χ0v) is 35.0. The Morgan fingerprint density at radius 2 is 0.682 bits per heavy atom. The highest BCUT2D eigenvalue weighted by Crippen LogP contribution is 2.74. The fourth-order valence-corrected chi connectivity index (χ4v) is 11.9. The van der Waals surface area contributed by atoms with Crippen LogP contribution in [0.5, 0.6) is 57.5 Å². The summed E-state index contributed by atoms with van der Waals surface area (Å²) < 4.78 is 13.9. The van der Waals surface area contributed by atoms with Crippen LogP contribution in [0.25, 0.3) is 0 Å². The van der Waals surface area contributed by atoms with Crippen molar-refractivity contribution in [2.75, 3.05) is 0 Å². The Labute approximate surface area is 378 Å². The van der Waals surface area contributed by atoms with Crippen LogP contribution >= 0.6 is 0 Å². The number of phenolic OH excluding ortho intramolecular Hbond substituents is 8. The van der Waals surface area contributed by atoms with Crippen molar-refractivity contribution in [2.24, 2.45) is 0 Å². The van der Waals surface area contributed by atoms with Crippen molar-refractivity contribution in [3.63, 3.8) is 0 Å². The minimum Gasteiger partial charge on any atom is -0.508 e. The summed E-state index contributed by atoms with van der Waals surface area (Å²) in [4.78, 5) is 0. The number of benzene rings is 8. The molecule has 8 atom stereocenters. The van der Waals surface area contributed by atoms with E-state index in [1.54, 1.807) is 91.0 Å². The van der Waals surface area contributed by atoms with Crippen LogP contribution in [0.1, 0.15) is 114 Å². The van der Waals surface area contributed by atoms with E-state index < -0.39 is 47.7 Å². The van der Waals surface area contributed by atoms with E-state index in [1.807, 2.05) is 48.5 Å². The molecular weight excluding hydrogens is 833 g/mol. The predicted octanol–water partition coefficient (Wildman–Crippen LogP) is 11.0. The van der Waals surface area contributed by atoms with Gasteiger partial charge in [-0.3, -0.25) is 0 Å². The highest BCUT2D eigenvalue weighted by atomic mass is 16.5. The van der Waals surface area contributed by atoms with Crippen molar-refractivity contribution in [3.05, 3.63) is 224 Å². The molecule has 66 heavy (non-hydrogen) atoms. The normalized spacial score (nSPS) is 23.0. The summed E-state index contributed by atoms with van der Waals surface area (Å²) in [6.07, 6.45) is -1.35. The Kier molecular flexibility index (Phi) is 8.74. The topological polar surface area (TPSA) is 180 Å². The lowest BCUT2D eigenvalue weighted by molar-refractivity contribution is 0.221. The van der Waals surface area contributed by atoms with Gasteiger partial charge in [0, 0.05) is 64.1 Å². The van der Waals surface area contributed by atoms with E-state index in [9.17, 15) is 40.9 Å². The number of rotatable bonds is 6. The standard InChI is InChI=1S/C56H42O10/c57-33-15-9-28(10-16-33)43-47-39(63)25-41-49(45(27-5-2-1-3-6-27)56(66-41)31-7-4-8-36(60)21-31)53(47)51-44(29-11-17-34(58)18-12-29)48-40(64)26-42-50(54(48)52(43)51)46(32-22-37(61)24-38(62)23-32)55(65-42)30-13-19-35(59)20-14-30/h1-26,43-46,51-52,55-64H/t43-,44-,45?,46?,51?,52?,55?,56?/m0/s1. The summed E-state index contributed by atoms with van der Waals surface area (Å²) in [7, 11) is 0. The molecule has 10 nitrogen and oxygen atoms in total. The van der Waals surface area contributed by atoms with Crippen LogP contribution in [-0.4, -0.2) is 40.9 Å². The first kappa shape index (κ1) is 39.4. The molecule has 0 amide bonds. The number of ether oxygens (including phenoxy) is 2. The maximum Gasteiger partial charge on any atom is 0.135 e. The zero-order valence-electron chi connectivity index (χ0n) is 35.0. The van der Waals surface area contributed by atoms with Gasteiger partial charge in [-0.05, 0) is 105 Å². The molecule has 0 fully saturated rings. The monoisotopic (exact) mass is 874 g/mol. The average Bonchev–Trinajstić information content (AvgIpc) is 4.06. The Morgan fingerprint density at radius 3 is 1.17 bits per heavy atom. The van der Waals surface area contributed by atoms with Gasteiger partial charge in [0.15, 0.2) is 0 Å². The third-order valence-electron chi connectivity index (χ3n) is 14.3. The smallest absolute Gasteiger partial charge is 0.135 e. The molecule has 10 heteroatoms. The van der Waals surface area contributed by atoms with Crippen LogP contribution < -0.4 is 9.47 Å². The van der Waals surface area contributed by atoms with Crippen LogP contribution in [-0.2, 0) is 0 Å². The van der Waals surface area contributed by atoms with Crippen LogP contribution in [0.3, 0.4) is 0 Å². The molecule has 2 heterocycles. The van der Waals surface area contributed by atoms with E-state index in [2.05, 4.69) is 12.1 Å². The van der Waals surface area contributed by atoms with Crippen molar-refractivity contribution < 1.29 is 50.3 Å². The van der Waals surface area contributed by atoms with Gasteiger partial charge in [0.2, 0.25) is 0 Å². The lowest BCUT2D eigenvalue weighted by atomic mass is 9.74. The Morgan fingerprint density at radius 1 is 0.273 bits per heavy atom. The minimum absolute atomic E-state index is 0.00933. The molecule has 0 aromatic heterocycles. The summed E-state index contributed by atoms with van der Waals surface area (Å²) >= 11 is 0. The first-order valence-corrected chi connectivity index (χ1v) is 21.9. The summed E-state index contributed by atoms with van der Waals surface area (Å²) in [5.74, 6) is -2.42. The first-order chi connectivity index (χ1) is 32.0. The van der Waals surface area contributed by atoms with Gasteiger partial charge < -0.3 is 50.3 Å². The number of aromatic hydroxyl groups is 8. The van der Waals surface area contributed by atoms with Crippen LogP contribution in [0.2, 0.25) is 0 Å². The third-order valence-corrected chi connectivity index (χ3v) is 14.3. The third kappa shape index (κ3) is 5.94. The van der Waals surface area contributed by atoms with Gasteiger partial charge in [0.25, 0.3) is 0 Å². The maximum absolute atomic E-state index is 12.6. The van der Waals surface area contributed by atoms with Crippen LogP contribution in [0, 0.1) is 0 Å². The lowest BCUT2D eigenvalue weighted by Crippen LogP contribution is -2.15. The Bertz CT molecular complexity index is 3200. The summed E-state index contributed by atoms with van der Waals surface area (Å²) in [6.45, 7) is 0. The fraction of sp³-hybridized carbons (Fsp3) is 0.143. The second kappa shape index (κ2) is 14.6. The Hall–Kier alpha value is -8.24. The molecule has 12 rings (SSSR count). The number of fused-ring (bicyclic) bond motifs is 9. The average molecular weight is 875 g/mol. The molecule has 2 aliphatic carbocycles. The molecule has 0 radical (unpaired) electrons. The van der Waals surface area contributed by atoms with Crippen molar-refractivity contribution in [2.45, 2.75) is 47.7 Å². The Balaban J connectivity index is 1.19. The SMILES string of the molecule is Oc1ccc(C2Oc3cc(O)c4c(c3C2c2cc(O)cc(O)c2)C2C(c3c5c(cc(O)c3[C@@H]2c2ccc(O)cc2)OC(c2cccc(O)c2)C5c2ccccc2)[C@H]4c2ccc(O)cc2)cc1. The molecule has 8 aromatic carbocycles. The fourth-order valence-electron chi connectivity index (χ4n) is 11.9. The van der Waals surface area contributed by atoms with Crippen LogP contribution in [0.15, 0.2) is 158 Å². The molecule has 6 unspecified atom stereocenters. The highest BCUT2D eigenvalue weighted by Gasteiger charge is 2.59. The molecule has 2 aliphatic heterocycles. The second-order valence-corrected chi connectivity index (χ2v) is 17.9. The number of phenols is 8. The molecule has 326 valence electrons.